The fourth-order valence-corrected chi connectivity index (χ4v) is 1.93. The summed E-state index contributed by atoms with van der Waals surface area (Å²) in [4.78, 5) is 9.47. The quantitative estimate of drug-likeness (QED) is 0.756. The summed E-state index contributed by atoms with van der Waals surface area (Å²) in [6.07, 6.45) is -1.09. The maximum Gasteiger partial charge on any atom is 0.255 e. The number of methoxy groups -OCH3 is 1. The molecule has 0 radical (unpaired) electrons. The van der Waals surface area contributed by atoms with Crippen LogP contribution in [0.2, 0.25) is 0 Å². The van der Waals surface area contributed by atoms with Crippen molar-refractivity contribution in [1.82, 2.24) is 9.97 Å². The zero-order chi connectivity index (χ0) is 12.8. The molecule has 0 aliphatic carbocycles. The summed E-state index contributed by atoms with van der Waals surface area (Å²) in [7, 11) is 1.49. The average molecular weight is 310 g/mol. The Morgan fingerprint density at radius 2 is 2.18 bits per heavy atom. The molecule has 0 saturated carbocycles. The van der Waals surface area contributed by atoms with E-state index >= 15 is 0 Å². The van der Waals surface area contributed by atoms with E-state index in [4.69, 9.17) is 4.74 Å². The summed E-state index contributed by atoms with van der Waals surface area (Å²) in [6, 6.07) is 0. The molecular formula is C10H14BrF2N3O. The molecule has 0 aliphatic rings. The number of ether oxygens (including phenoxy) is 1. The molecule has 0 spiro atoms. The van der Waals surface area contributed by atoms with E-state index in [1.807, 2.05) is 0 Å². The van der Waals surface area contributed by atoms with Gasteiger partial charge in [-0.2, -0.15) is 0 Å². The van der Waals surface area contributed by atoms with E-state index in [1.54, 1.807) is 6.92 Å². The van der Waals surface area contributed by atoms with Gasteiger partial charge >= 0.3 is 0 Å². The first-order valence-corrected chi connectivity index (χ1v) is 6.17. The predicted molar refractivity (Wildman–Crippen MR) is 65.3 cm³/mol. The number of anilines is 1. The van der Waals surface area contributed by atoms with Crippen LogP contribution in [0.1, 0.15) is 5.56 Å². The largest absolute Gasteiger partial charge is 0.481 e. The lowest BCUT2D eigenvalue weighted by Crippen LogP contribution is -2.32. The SMILES string of the molecule is COc1ncnc(N(CCBr)CC(F)F)c1C. The molecule has 1 heterocycles. The van der Waals surface area contributed by atoms with Crippen LogP contribution in [-0.2, 0) is 0 Å². The monoisotopic (exact) mass is 309 g/mol. The van der Waals surface area contributed by atoms with Gasteiger partial charge in [-0.3, -0.25) is 0 Å². The van der Waals surface area contributed by atoms with Crippen molar-refractivity contribution in [2.75, 3.05) is 30.4 Å². The summed E-state index contributed by atoms with van der Waals surface area (Å²) in [6.45, 7) is 1.85. The summed E-state index contributed by atoms with van der Waals surface area (Å²) in [5.41, 5.74) is 0.664. The number of nitrogens with zero attached hydrogens (tertiary/aromatic N) is 3. The van der Waals surface area contributed by atoms with E-state index in [0.717, 1.165) is 0 Å². The Labute approximate surface area is 107 Å². The first kappa shape index (κ1) is 14.1. The molecule has 0 aliphatic heterocycles. The van der Waals surface area contributed by atoms with Crippen molar-refractivity contribution in [2.45, 2.75) is 13.3 Å². The highest BCUT2D eigenvalue weighted by Crippen LogP contribution is 2.24. The van der Waals surface area contributed by atoms with Crippen LogP contribution in [0.3, 0.4) is 0 Å². The maximum atomic E-state index is 12.5. The van der Waals surface area contributed by atoms with Crippen LogP contribution in [0.4, 0.5) is 14.6 Å². The standard InChI is InChI=1S/C10H14BrF2N3O/c1-7-9(14-6-15-10(7)17-2)16(4-3-11)5-8(12)13/h6,8H,3-5H2,1-2H3. The van der Waals surface area contributed by atoms with Gasteiger partial charge in [-0.15, -0.1) is 0 Å². The van der Waals surface area contributed by atoms with Gasteiger partial charge in [-0.05, 0) is 6.92 Å². The van der Waals surface area contributed by atoms with Crippen LogP contribution >= 0.6 is 15.9 Å². The van der Waals surface area contributed by atoms with Gasteiger partial charge in [0, 0.05) is 11.9 Å². The second-order valence-electron chi connectivity index (χ2n) is 3.36. The van der Waals surface area contributed by atoms with E-state index < -0.39 is 6.43 Å². The van der Waals surface area contributed by atoms with Crippen molar-refractivity contribution in [3.8, 4) is 5.88 Å². The molecule has 0 amide bonds. The number of rotatable bonds is 6. The molecule has 0 atom stereocenters. The lowest BCUT2D eigenvalue weighted by Gasteiger charge is -2.24. The van der Waals surface area contributed by atoms with Crippen LogP contribution < -0.4 is 9.64 Å². The smallest absolute Gasteiger partial charge is 0.255 e. The third-order valence-electron chi connectivity index (χ3n) is 2.22. The first-order chi connectivity index (χ1) is 8.10. The van der Waals surface area contributed by atoms with Crippen molar-refractivity contribution in [3.63, 3.8) is 0 Å². The van der Waals surface area contributed by atoms with Crippen molar-refractivity contribution in [3.05, 3.63) is 11.9 Å². The lowest BCUT2D eigenvalue weighted by atomic mass is 10.3. The zero-order valence-corrected chi connectivity index (χ0v) is 11.2. The molecule has 17 heavy (non-hydrogen) atoms. The van der Waals surface area contributed by atoms with Gasteiger partial charge < -0.3 is 9.64 Å². The molecule has 1 aromatic rings. The molecular weight excluding hydrogens is 296 g/mol. The Bertz CT molecular complexity index is 365. The predicted octanol–water partition coefficient (Wildman–Crippen LogP) is 2.26. The third kappa shape index (κ3) is 3.76. The van der Waals surface area contributed by atoms with E-state index in [-0.39, 0.29) is 6.54 Å². The molecule has 0 bridgehead atoms. The number of alkyl halides is 3. The van der Waals surface area contributed by atoms with Crippen LogP contribution in [0.15, 0.2) is 6.33 Å². The van der Waals surface area contributed by atoms with E-state index in [1.165, 1.54) is 18.3 Å². The molecule has 1 aromatic heterocycles. The Morgan fingerprint density at radius 1 is 1.47 bits per heavy atom. The van der Waals surface area contributed by atoms with Gasteiger partial charge in [0.25, 0.3) is 6.43 Å². The first-order valence-electron chi connectivity index (χ1n) is 5.04. The molecule has 0 fully saturated rings. The van der Waals surface area contributed by atoms with Crippen molar-refractivity contribution in [1.29, 1.82) is 0 Å². The van der Waals surface area contributed by atoms with Gasteiger partial charge in [0.2, 0.25) is 5.88 Å². The van der Waals surface area contributed by atoms with Gasteiger partial charge in [0.15, 0.2) is 0 Å². The minimum atomic E-state index is -2.41. The van der Waals surface area contributed by atoms with Gasteiger partial charge in [-0.1, -0.05) is 15.9 Å². The third-order valence-corrected chi connectivity index (χ3v) is 2.57. The highest BCUT2D eigenvalue weighted by Gasteiger charge is 2.17. The Hall–Kier alpha value is -0.980. The molecule has 0 aromatic carbocycles. The normalized spacial score (nSPS) is 10.7. The zero-order valence-electron chi connectivity index (χ0n) is 9.66. The highest BCUT2D eigenvalue weighted by atomic mass is 79.9. The molecule has 7 heteroatoms. The fraction of sp³-hybridized carbons (Fsp3) is 0.600. The minimum Gasteiger partial charge on any atom is -0.481 e. The number of halogens is 3. The van der Waals surface area contributed by atoms with Crippen LogP contribution in [0.25, 0.3) is 0 Å². The minimum absolute atomic E-state index is 0.355. The topological polar surface area (TPSA) is 38.3 Å². The van der Waals surface area contributed by atoms with E-state index in [9.17, 15) is 8.78 Å². The lowest BCUT2D eigenvalue weighted by molar-refractivity contribution is 0.155. The molecule has 0 N–H and O–H groups in total. The summed E-state index contributed by atoms with van der Waals surface area (Å²) in [5, 5.41) is 0.589. The summed E-state index contributed by atoms with van der Waals surface area (Å²) < 4.78 is 30.0. The molecule has 1 rings (SSSR count). The van der Waals surface area contributed by atoms with Crippen molar-refractivity contribution in [2.24, 2.45) is 0 Å². The summed E-state index contributed by atoms with van der Waals surface area (Å²) in [5.74, 6) is 0.889. The Balaban J connectivity index is 3.00. The fourth-order valence-electron chi connectivity index (χ4n) is 1.50. The van der Waals surface area contributed by atoms with Crippen LogP contribution in [-0.4, -0.2) is 41.9 Å². The Kier molecular flexibility index (Phi) is 5.54. The Morgan fingerprint density at radius 3 is 2.71 bits per heavy atom. The van der Waals surface area contributed by atoms with Crippen molar-refractivity contribution < 1.29 is 13.5 Å². The van der Waals surface area contributed by atoms with Crippen LogP contribution in [0, 0.1) is 6.92 Å². The van der Waals surface area contributed by atoms with Gasteiger partial charge in [0.1, 0.15) is 12.1 Å². The second-order valence-corrected chi connectivity index (χ2v) is 4.15. The van der Waals surface area contributed by atoms with Gasteiger partial charge in [0.05, 0.1) is 19.2 Å². The summed E-state index contributed by atoms with van der Waals surface area (Å²) >= 11 is 3.24. The molecule has 4 nitrogen and oxygen atoms in total. The molecule has 96 valence electrons. The van der Waals surface area contributed by atoms with Crippen molar-refractivity contribution >= 4 is 21.7 Å². The number of aromatic nitrogens is 2. The second kappa shape index (κ2) is 6.68. The molecule has 0 saturated heterocycles. The van der Waals surface area contributed by atoms with Gasteiger partial charge in [-0.25, -0.2) is 18.7 Å². The number of hydrogen-bond acceptors (Lipinski definition) is 4. The van der Waals surface area contributed by atoms with E-state index in [2.05, 4.69) is 25.9 Å². The van der Waals surface area contributed by atoms with Crippen LogP contribution in [0.5, 0.6) is 5.88 Å². The molecule has 0 unspecified atom stereocenters. The van der Waals surface area contributed by atoms with E-state index in [0.29, 0.717) is 29.1 Å². The number of hydrogen-bond donors (Lipinski definition) is 0. The highest BCUT2D eigenvalue weighted by molar-refractivity contribution is 9.09. The maximum absolute atomic E-state index is 12.5. The average Bonchev–Trinajstić information content (AvgIpc) is 2.28.